The van der Waals surface area contributed by atoms with Gasteiger partial charge in [0.1, 0.15) is 0 Å². The van der Waals surface area contributed by atoms with Crippen LogP contribution in [0.15, 0.2) is 29.3 Å². The van der Waals surface area contributed by atoms with Gasteiger partial charge in [0.25, 0.3) is 0 Å². The average molecular weight is 247 g/mol. The molecular formula is C11H13N5O2. The lowest BCUT2D eigenvalue weighted by atomic mass is 10.1. The van der Waals surface area contributed by atoms with Crippen LogP contribution in [-0.2, 0) is 0 Å². The summed E-state index contributed by atoms with van der Waals surface area (Å²) in [5.41, 5.74) is 0.741. The summed E-state index contributed by atoms with van der Waals surface area (Å²) < 4.78 is 6.93. The molecule has 0 radical (unpaired) electrons. The van der Waals surface area contributed by atoms with E-state index >= 15 is 0 Å². The molecule has 0 saturated carbocycles. The van der Waals surface area contributed by atoms with Gasteiger partial charge >= 0.3 is 6.03 Å². The molecule has 3 rings (SSSR count). The van der Waals surface area contributed by atoms with Gasteiger partial charge in [0, 0.05) is 31.5 Å². The van der Waals surface area contributed by atoms with Crippen LogP contribution in [0.2, 0.25) is 0 Å². The second-order valence-electron chi connectivity index (χ2n) is 4.33. The highest BCUT2D eigenvalue weighted by atomic mass is 16.5. The molecule has 18 heavy (non-hydrogen) atoms. The van der Waals surface area contributed by atoms with Crippen molar-refractivity contribution in [2.45, 2.75) is 13.0 Å². The minimum Gasteiger partial charge on any atom is -0.338 e. The number of anilines is 1. The van der Waals surface area contributed by atoms with Gasteiger partial charge in [-0.1, -0.05) is 5.16 Å². The van der Waals surface area contributed by atoms with Crippen molar-refractivity contribution in [3.05, 3.63) is 30.5 Å². The smallest absolute Gasteiger partial charge is 0.324 e. The van der Waals surface area contributed by atoms with Crippen LogP contribution in [0.4, 0.5) is 10.7 Å². The van der Waals surface area contributed by atoms with E-state index in [0.717, 1.165) is 5.69 Å². The highest BCUT2D eigenvalue weighted by molar-refractivity contribution is 5.88. The molecule has 2 aromatic heterocycles. The highest BCUT2D eigenvalue weighted by Gasteiger charge is 2.31. The summed E-state index contributed by atoms with van der Waals surface area (Å²) >= 11 is 0. The summed E-state index contributed by atoms with van der Waals surface area (Å²) in [5, 5.41) is 6.37. The van der Waals surface area contributed by atoms with E-state index in [2.05, 4.69) is 15.5 Å². The van der Waals surface area contributed by atoms with E-state index in [9.17, 15) is 4.79 Å². The number of aryl methyl sites for hydroxylation is 1. The molecule has 0 atom stereocenters. The van der Waals surface area contributed by atoms with Crippen LogP contribution in [0.25, 0.3) is 0 Å². The van der Waals surface area contributed by atoms with E-state index in [1.807, 2.05) is 10.8 Å². The highest BCUT2D eigenvalue weighted by Crippen LogP contribution is 2.21. The fourth-order valence-electron chi connectivity index (χ4n) is 1.90. The molecule has 1 aliphatic rings. The van der Waals surface area contributed by atoms with Gasteiger partial charge in [-0.25, -0.2) is 9.78 Å². The Morgan fingerprint density at radius 2 is 2.39 bits per heavy atom. The Morgan fingerprint density at radius 3 is 3.00 bits per heavy atom. The first kappa shape index (κ1) is 10.8. The number of imidazole rings is 1. The molecule has 3 heterocycles. The standard InChI is InChI=1S/C11H13N5O2/c1-8-4-10(18-14-8)13-11(17)16-5-9(6-16)15-3-2-12-7-15/h2-4,7,9H,5-6H2,1H3,(H,13,17). The number of urea groups is 1. The molecule has 0 aliphatic carbocycles. The molecule has 1 aliphatic heterocycles. The molecule has 1 N–H and O–H groups in total. The summed E-state index contributed by atoms with van der Waals surface area (Å²) in [6, 6.07) is 1.84. The van der Waals surface area contributed by atoms with Crippen molar-refractivity contribution >= 4 is 11.9 Å². The third-order valence-electron chi connectivity index (χ3n) is 2.95. The number of hydrogen-bond acceptors (Lipinski definition) is 4. The van der Waals surface area contributed by atoms with Crippen molar-refractivity contribution in [1.29, 1.82) is 0 Å². The maximum Gasteiger partial charge on any atom is 0.324 e. The number of aromatic nitrogens is 3. The van der Waals surface area contributed by atoms with Gasteiger partial charge in [0.2, 0.25) is 5.88 Å². The van der Waals surface area contributed by atoms with E-state index in [4.69, 9.17) is 4.52 Å². The zero-order valence-corrected chi connectivity index (χ0v) is 9.91. The number of nitrogens with zero attached hydrogens (tertiary/aromatic N) is 4. The van der Waals surface area contributed by atoms with Gasteiger partial charge in [-0.2, -0.15) is 0 Å². The van der Waals surface area contributed by atoms with Gasteiger partial charge in [-0.05, 0) is 6.92 Å². The molecule has 2 amide bonds. The second kappa shape index (κ2) is 4.17. The maximum absolute atomic E-state index is 11.8. The first-order valence-corrected chi connectivity index (χ1v) is 5.69. The summed E-state index contributed by atoms with van der Waals surface area (Å²) in [7, 11) is 0. The molecule has 1 saturated heterocycles. The monoisotopic (exact) mass is 247 g/mol. The lowest BCUT2D eigenvalue weighted by molar-refractivity contribution is 0.134. The summed E-state index contributed by atoms with van der Waals surface area (Å²) in [4.78, 5) is 17.5. The number of carbonyl (C=O) groups excluding carboxylic acids is 1. The quantitative estimate of drug-likeness (QED) is 0.867. The summed E-state index contributed by atoms with van der Waals surface area (Å²) in [6.45, 7) is 3.16. The first-order chi connectivity index (χ1) is 8.72. The number of carbonyl (C=O) groups is 1. The molecular weight excluding hydrogens is 234 g/mol. The van der Waals surface area contributed by atoms with Crippen LogP contribution in [0, 0.1) is 6.92 Å². The third kappa shape index (κ3) is 1.94. The number of rotatable bonds is 2. The molecule has 7 nitrogen and oxygen atoms in total. The lowest BCUT2D eigenvalue weighted by Gasteiger charge is -2.39. The predicted molar refractivity (Wildman–Crippen MR) is 63.1 cm³/mol. The van der Waals surface area contributed by atoms with Gasteiger partial charge in [0.05, 0.1) is 18.1 Å². The normalized spacial score (nSPS) is 15.5. The van der Waals surface area contributed by atoms with Gasteiger partial charge < -0.3 is 14.0 Å². The van der Waals surface area contributed by atoms with Crippen LogP contribution in [0.1, 0.15) is 11.7 Å². The second-order valence-corrected chi connectivity index (χ2v) is 4.33. The number of likely N-dealkylation sites (tertiary alicyclic amines) is 1. The van der Waals surface area contributed by atoms with Crippen LogP contribution in [-0.4, -0.2) is 38.7 Å². The van der Waals surface area contributed by atoms with Crippen molar-refractivity contribution in [2.75, 3.05) is 18.4 Å². The van der Waals surface area contributed by atoms with E-state index in [1.54, 1.807) is 30.4 Å². The van der Waals surface area contributed by atoms with Crippen molar-refractivity contribution in [3.8, 4) is 0 Å². The van der Waals surface area contributed by atoms with Crippen LogP contribution >= 0.6 is 0 Å². The summed E-state index contributed by atoms with van der Waals surface area (Å²) in [5.74, 6) is 0.378. The van der Waals surface area contributed by atoms with Crippen LogP contribution in [0.3, 0.4) is 0 Å². The predicted octanol–water partition coefficient (Wildman–Crippen LogP) is 1.27. The van der Waals surface area contributed by atoms with E-state index in [0.29, 0.717) is 25.0 Å². The van der Waals surface area contributed by atoms with Crippen molar-refractivity contribution in [2.24, 2.45) is 0 Å². The number of nitrogens with one attached hydrogen (secondary N) is 1. The first-order valence-electron chi connectivity index (χ1n) is 5.69. The molecule has 0 aromatic carbocycles. The minimum atomic E-state index is -0.164. The third-order valence-corrected chi connectivity index (χ3v) is 2.95. The fraction of sp³-hybridized carbons (Fsp3) is 0.364. The Bertz CT molecular complexity index is 542. The average Bonchev–Trinajstić information content (AvgIpc) is 2.88. The van der Waals surface area contributed by atoms with Crippen LogP contribution < -0.4 is 5.32 Å². The Hall–Kier alpha value is -2.31. The fourth-order valence-corrected chi connectivity index (χ4v) is 1.90. The zero-order valence-electron chi connectivity index (χ0n) is 9.91. The topological polar surface area (TPSA) is 76.2 Å². The van der Waals surface area contributed by atoms with E-state index in [-0.39, 0.29) is 6.03 Å². The molecule has 1 fully saturated rings. The SMILES string of the molecule is Cc1cc(NC(=O)N2CC(n3ccnc3)C2)on1. The number of amides is 2. The lowest BCUT2D eigenvalue weighted by Crippen LogP contribution is -2.52. The van der Waals surface area contributed by atoms with Crippen molar-refractivity contribution in [1.82, 2.24) is 19.6 Å². The largest absolute Gasteiger partial charge is 0.338 e. The molecule has 2 aromatic rings. The molecule has 0 spiro atoms. The van der Waals surface area contributed by atoms with E-state index < -0.39 is 0 Å². The van der Waals surface area contributed by atoms with Crippen molar-refractivity contribution < 1.29 is 9.32 Å². The molecule has 94 valence electrons. The summed E-state index contributed by atoms with van der Waals surface area (Å²) in [6.07, 6.45) is 5.40. The van der Waals surface area contributed by atoms with Crippen molar-refractivity contribution in [3.63, 3.8) is 0 Å². The van der Waals surface area contributed by atoms with Gasteiger partial charge in [0.15, 0.2) is 0 Å². The maximum atomic E-state index is 11.8. The van der Waals surface area contributed by atoms with Crippen LogP contribution in [0.5, 0.6) is 0 Å². The molecule has 0 unspecified atom stereocenters. The number of hydrogen-bond donors (Lipinski definition) is 1. The molecule has 7 heteroatoms. The Kier molecular flexibility index (Phi) is 2.51. The van der Waals surface area contributed by atoms with E-state index in [1.165, 1.54) is 0 Å². The Morgan fingerprint density at radius 1 is 1.56 bits per heavy atom. The Labute approximate surface area is 103 Å². The molecule has 0 bridgehead atoms. The zero-order chi connectivity index (χ0) is 12.5. The van der Waals surface area contributed by atoms with Gasteiger partial charge in [-0.3, -0.25) is 5.32 Å². The van der Waals surface area contributed by atoms with Gasteiger partial charge in [-0.15, -0.1) is 0 Å². The minimum absolute atomic E-state index is 0.164. The Balaban J connectivity index is 1.54.